The summed E-state index contributed by atoms with van der Waals surface area (Å²) in [6.45, 7) is 6.18. The van der Waals surface area contributed by atoms with Crippen molar-refractivity contribution in [2.24, 2.45) is 0 Å². The van der Waals surface area contributed by atoms with E-state index in [-0.39, 0.29) is 6.61 Å². The van der Waals surface area contributed by atoms with Crippen LogP contribution in [0.25, 0.3) is 0 Å². The Balaban J connectivity index is 2.48. The van der Waals surface area contributed by atoms with E-state index in [4.69, 9.17) is 14.3 Å². The van der Waals surface area contributed by atoms with Gasteiger partial charge in [-0.1, -0.05) is 38.7 Å². The van der Waals surface area contributed by atoms with Gasteiger partial charge in [0.25, 0.3) is 5.91 Å². The Morgan fingerprint density at radius 1 is 1.19 bits per heavy atom. The maximum Gasteiger partial charge on any atom is 0.275 e. The molecule has 0 spiro atoms. The highest BCUT2D eigenvalue weighted by atomic mass is 16.7. The monoisotopic (exact) mass is 365 g/mol. The summed E-state index contributed by atoms with van der Waals surface area (Å²) >= 11 is 0. The number of methoxy groups -OCH3 is 1. The first-order valence-corrected chi connectivity index (χ1v) is 9.13. The van der Waals surface area contributed by atoms with Crippen molar-refractivity contribution in [1.82, 2.24) is 5.48 Å². The van der Waals surface area contributed by atoms with E-state index < -0.39 is 11.5 Å². The van der Waals surface area contributed by atoms with Crippen molar-refractivity contribution in [2.45, 2.75) is 65.1 Å². The highest BCUT2D eigenvalue weighted by Crippen LogP contribution is 2.18. The molecule has 0 aliphatic rings. The van der Waals surface area contributed by atoms with Crippen LogP contribution >= 0.6 is 0 Å². The van der Waals surface area contributed by atoms with Crippen molar-refractivity contribution >= 4 is 12.2 Å². The highest BCUT2D eigenvalue weighted by Gasteiger charge is 2.27. The van der Waals surface area contributed by atoms with Crippen molar-refractivity contribution in [2.75, 3.05) is 13.7 Å². The van der Waals surface area contributed by atoms with Gasteiger partial charge in [-0.2, -0.15) is 0 Å². The molecule has 1 rings (SSSR count). The zero-order valence-corrected chi connectivity index (χ0v) is 16.3. The quantitative estimate of drug-likeness (QED) is 0.327. The molecule has 0 aromatic heterocycles. The number of aldehydes is 1. The highest BCUT2D eigenvalue weighted by molar-refractivity contribution is 5.83. The van der Waals surface area contributed by atoms with E-state index in [9.17, 15) is 9.59 Å². The van der Waals surface area contributed by atoms with Gasteiger partial charge in [0, 0.05) is 12.7 Å². The van der Waals surface area contributed by atoms with Crippen LogP contribution in [0.1, 0.15) is 68.8 Å². The van der Waals surface area contributed by atoms with E-state index in [0.717, 1.165) is 19.1 Å². The average Bonchev–Trinajstić information content (AvgIpc) is 2.65. The molecule has 6 nitrogen and oxygen atoms in total. The van der Waals surface area contributed by atoms with E-state index in [0.29, 0.717) is 23.5 Å². The second-order valence-corrected chi connectivity index (χ2v) is 6.68. The molecule has 0 radical (unpaired) electrons. The first-order chi connectivity index (χ1) is 12.4. The summed E-state index contributed by atoms with van der Waals surface area (Å²) in [6, 6.07) is 5.26. The molecule has 0 unspecified atom stereocenters. The lowest BCUT2D eigenvalue weighted by atomic mass is 10.1. The normalized spacial score (nSPS) is 11.2. The van der Waals surface area contributed by atoms with Crippen molar-refractivity contribution in [1.29, 1.82) is 0 Å². The van der Waals surface area contributed by atoms with E-state index in [1.54, 1.807) is 32.0 Å². The van der Waals surface area contributed by atoms with Gasteiger partial charge >= 0.3 is 0 Å². The molecule has 0 bridgehead atoms. The third-order valence-corrected chi connectivity index (χ3v) is 4.21. The number of rotatable bonds is 13. The molecule has 0 aliphatic heterocycles. The number of nitrogens with one attached hydrogen (secondary N) is 1. The first-order valence-electron chi connectivity index (χ1n) is 9.13. The zero-order valence-electron chi connectivity index (χ0n) is 16.3. The van der Waals surface area contributed by atoms with Gasteiger partial charge in [0.05, 0.1) is 6.61 Å². The van der Waals surface area contributed by atoms with Gasteiger partial charge in [-0.3, -0.25) is 14.4 Å². The SMILES string of the molecule is CCCCCCCOc1ccc(CONC(=O)C(C)(C)OC)c(C=O)c1. The third kappa shape index (κ3) is 7.54. The van der Waals surface area contributed by atoms with E-state index in [1.807, 2.05) is 0 Å². The fourth-order valence-electron chi connectivity index (χ4n) is 2.19. The van der Waals surface area contributed by atoms with E-state index >= 15 is 0 Å². The fraction of sp³-hybridized carbons (Fsp3) is 0.600. The number of amides is 1. The third-order valence-electron chi connectivity index (χ3n) is 4.21. The van der Waals surface area contributed by atoms with Gasteiger partial charge < -0.3 is 9.47 Å². The molecule has 0 saturated heterocycles. The van der Waals surface area contributed by atoms with Gasteiger partial charge in [0.2, 0.25) is 0 Å². The number of hydrogen-bond acceptors (Lipinski definition) is 5. The van der Waals surface area contributed by atoms with Crippen LogP contribution in [0.3, 0.4) is 0 Å². The Morgan fingerprint density at radius 2 is 1.92 bits per heavy atom. The van der Waals surface area contributed by atoms with Crippen molar-refractivity contribution in [3.05, 3.63) is 29.3 Å². The molecule has 0 fully saturated rings. The van der Waals surface area contributed by atoms with Gasteiger partial charge in [-0.15, -0.1) is 0 Å². The molecule has 0 heterocycles. The van der Waals surface area contributed by atoms with Gasteiger partial charge in [0.15, 0.2) is 6.29 Å². The lowest BCUT2D eigenvalue weighted by Crippen LogP contribution is -2.43. The second-order valence-electron chi connectivity index (χ2n) is 6.68. The molecule has 6 heteroatoms. The number of carbonyl (C=O) groups is 2. The number of hydrogen-bond donors (Lipinski definition) is 1. The summed E-state index contributed by atoms with van der Waals surface area (Å²) in [5.41, 5.74) is 2.50. The van der Waals surface area contributed by atoms with Gasteiger partial charge in [-0.05, 0) is 38.0 Å². The van der Waals surface area contributed by atoms with Crippen molar-refractivity contribution in [3.63, 3.8) is 0 Å². The Bertz CT molecular complexity index is 571. The van der Waals surface area contributed by atoms with Gasteiger partial charge in [0.1, 0.15) is 18.0 Å². The molecule has 26 heavy (non-hydrogen) atoms. The summed E-state index contributed by atoms with van der Waals surface area (Å²) in [5.74, 6) is 0.270. The zero-order chi connectivity index (χ0) is 19.4. The molecule has 0 aliphatic carbocycles. The maximum absolute atomic E-state index is 11.9. The van der Waals surface area contributed by atoms with E-state index in [2.05, 4.69) is 12.4 Å². The lowest BCUT2D eigenvalue weighted by molar-refractivity contribution is -0.153. The predicted octanol–water partition coefficient (Wildman–Crippen LogP) is 3.82. The van der Waals surface area contributed by atoms with Crippen LogP contribution in [-0.2, 0) is 21.0 Å². The fourth-order valence-corrected chi connectivity index (χ4v) is 2.19. The van der Waals surface area contributed by atoms with Crippen LogP contribution in [0, 0.1) is 0 Å². The van der Waals surface area contributed by atoms with Crippen LogP contribution in [0.15, 0.2) is 18.2 Å². The summed E-state index contributed by atoms with van der Waals surface area (Å²) in [4.78, 5) is 28.4. The Kier molecular flexibility index (Phi) is 9.91. The Morgan fingerprint density at radius 3 is 2.58 bits per heavy atom. The Labute approximate surface area is 156 Å². The predicted molar refractivity (Wildman–Crippen MR) is 100 cm³/mol. The molecule has 1 aromatic carbocycles. The summed E-state index contributed by atoms with van der Waals surface area (Å²) in [5, 5.41) is 0. The van der Waals surface area contributed by atoms with Crippen LogP contribution in [0.4, 0.5) is 0 Å². The van der Waals surface area contributed by atoms with Crippen LogP contribution in [0.5, 0.6) is 5.75 Å². The molecule has 0 atom stereocenters. The first kappa shape index (κ1) is 22.1. The molecule has 1 aromatic rings. The average molecular weight is 365 g/mol. The molecular formula is C20H31NO5. The number of benzene rings is 1. The molecule has 1 N–H and O–H groups in total. The summed E-state index contributed by atoms with van der Waals surface area (Å²) < 4.78 is 10.8. The number of carbonyl (C=O) groups excluding carboxylic acids is 2. The minimum Gasteiger partial charge on any atom is -0.494 e. The lowest BCUT2D eigenvalue weighted by Gasteiger charge is -2.21. The maximum atomic E-state index is 11.9. The standard InChI is InChI=1S/C20H31NO5/c1-5-6-7-8-9-12-25-18-11-10-16(17(13-18)14-22)15-26-21-19(23)20(2,3)24-4/h10-11,13-14H,5-9,12,15H2,1-4H3,(H,21,23). The molecule has 1 amide bonds. The van der Waals surface area contributed by atoms with E-state index in [1.165, 1.54) is 26.4 Å². The van der Waals surface area contributed by atoms with Crippen LogP contribution in [-0.4, -0.2) is 31.5 Å². The number of hydroxylamine groups is 1. The second kappa shape index (κ2) is 11.6. The molecule has 146 valence electrons. The van der Waals surface area contributed by atoms with Crippen LogP contribution < -0.4 is 10.2 Å². The number of unbranched alkanes of at least 4 members (excludes halogenated alkanes) is 4. The smallest absolute Gasteiger partial charge is 0.275 e. The van der Waals surface area contributed by atoms with Crippen LogP contribution in [0.2, 0.25) is 0 Å². The van der Waals surface area contributed by atoms with Gasteiger partial charge in [-0.25, -0.2) is 5.48 Å². The Hall–Kier alpha value is -1.92. The number of ether oxygens (including phenoxy) is 2. The minimum atomic E-state index is -0.984. The minimum absolute atomic E-state index is 0.0803. The summed E-state index contributed by atoms with van der Waals surface area (Å²) in [7, 11) is 1.45. The largest absolute Gasteiger partial charge is 0.494 e. The molecule has 0 saturated carbocycles. The van der Waals surface area contributed by atoms with Crippen molar-refractivity contribution < 1.29 is 23.9 Å². The topological polar surface area (TPSA) is 73.9 Å². The van der Waals surface area contributed by atoms with Crippen molar-refractivity contribution in [3.8, 4) is 5.75 Å². The molecular weight excluding hydrogens is 334 g/mol. The summed E-state index contributed by atoms with van der Waals surface area (Å²) in [6.07, 6.45) is 6.61.